The Bertz CT molecular complexity index is 174. The second kappa shape index (κ2) is 2.79. The summed E-state index contributed by atoms with van der Waals surface area (Å²) >= 11 is 1.74. The van der Waals surface area contributed by atoms with Gasteiger partial charge in [-0.15, -0.1) is 11.8 Å². The topological polar surface area (TPSA) is 17.1 Å². The van der Waals surface area contributed by atoms with Crippen LogP contribution in [0.5, 0.6) is 0 Å². The van der Waals surface area contributed by atoms with Gasteiger partial charge in [0.15, 0.2) is 0 Å². The first-order chi connectivity index (χ1) is 4.66. The molecular weight excluding hydrogens is 144 g/mol. The van der Waals surface area contributed by atoms with Crippen LogP contribution in [0.4, 0.5) is 0 Å². The predicted octanol–water partition coefficient (Wildman–Crippen LogP) is 2.23. The summed E-state index contributed by atoms with van der Waals surface area (Å²) in [6, 6.07) is 0. The van der Waals surface area contributed by atoms with E-state index in [2.05, 4.69) is 12.3 Å². The van der Waals surface area contributed by atoms with Gasteiger partial charge in [-0.25, -0.2) is 0 Å². The zero-order chi connectivity index (χ0) is 7.61. The zero-order valence-electron chi connectivity index (χ0n) is 6.39. The van der Waals surface area contributed by atoms with Crippen molar-refractivity contribution in [3.63, 3.8) is 0 Å². The molecule has 56 valence electrons. The van der Waals surface area contributed by atoms with Crippen molar-refractivity contribution < 1.29 is 4.79 Å². The molecule has 0 saturated carbocycles. The number of thioether (sulfide) groups is 1. The van der Waals surface area contributed by atoms with E-state index in [4.69, 9.17) is 0 Å². The molecule has 0 spiro atoms. The van der Waals surface area contributed by atoms with Crippen molar-refractivity contribution in [3.05, 3.63) is 11.0 Å². The molecule has 2 heteroatoms. The third-order valence-corrected chi connectivity index (χ3v) is 3.06. The van der Waals surface area contributed by atoms with Crippen LogP contribution in [0.15, 0.2) is 11.0 Å². The van der Waals surface area contributed by atoms with Crippen LogP contribution in [0.2, 0.25) is 0 Å². The van der Waals surface area contributed by atoms with Gasteiger partial charge in [0.1, 0.15) is 6.29 Å². The minimum absolute atomic E-state index is 0.0938. The Kier molecular flexibility index (Phi) is 2.19. The van der Waals surface area contributed by atoms with Gasteiger partial charge in [0, 0.05) is 11.2 Å². The van der Waals surface area contributed by atoms with Crippen molar-refractivity contribution in [2.24, 2.45) is 5.41 Å². The maximum atomic E-state index is 10.6. The van der Waals surface area contributed by atoms with Crippen molar-refractivity contribution in [1.82, 2.24) is 0 Å². The molecule has 0 aromatic heterocycles. The molecular formula is C8H12OS. The van der Waals surface area contributed by atoms with E-state index in [9.17, 15) is 4.79 Å². The van der Waals surface area contributed by atoms with Gasteiger partial charge in [0.05, 0.1) is 0 Å². The Morgan fingerprint density at radius 2 is 2.50 bits per heavy atom. The van der Waals surface area contributed by atoms with Crippen LogP contribution in [-0.2, 0) is 4.79 Å². The Morgan fingerprint density at radius 1 is 1.80 bits per heavy atom. The Labute approximate surface area is 65.9 Å². The van der Waals surface area contributed by atoms with Crippen LogP contribution in [0, 0.1) is 5.41 Å². The van der Waals surface area contributed by atoms with E-state index in [0.29, 0.717) is 0 Å². The minimum atomic E-state index is -0.0938. The smallest absolute Gasteiger partial charge is 0.127 e. The first kappa shape index (κ1) is 7.86. The highest BCUT2D eigenvalue weighted by Crippen LogP contribution is 2.34. The number of aldehydes is 1. The molecule has 0 radical (unpaired) electrons. The molecule has 1 aliphatic rings. The van der Waals surface area contributed by atoms with Crippen LogP contribution >= 0.6 is 11.8 Å². The lowest BCUT2D eigenvalue weighted by molar-refractivity contribution is -0.114. The standard InChI is InChI=1S/C8H12OS/c1-7-3-8(2,5-9)6-10-4-7/h4-5H,3,6H2,1-2H3. The maximum absolute atomic E-state index is 10.6. The molecule has 0 fully saturated rings. The van der Waals surface area contributed by atoms with Gasteiger partial charge in [-0.05, 0) is 18.8 Å². The predicted molar refractivity (Wildman–Crippen MR) is 45.0 cm³/mol. The third-order valence-electron chi connectivity index (χ3n) is 1.66. The van der Waals surface area contributed by atoms with E-state index in [-0.39, 0.29) is 5.41 Å². The third kappa shape index (κ3) is 1.63. The molecule has 1 aliphatic heterocycles. The lowest BCUT2D eigenvalue weighted by atomic mass is 9.88. The molecule has 1 unspecified atom stereocenters. The fourth-order valence-electron chi connectivity index (χ4n) is 1.18. The summed E-state index contributed by atoms with van der Waals surface area (Å²) in [5.74, 6) is 0.938. The lowest BCUT2D eigenvalue weighted by Gasteiger charge is -2.25. The van der Waals surface area contributed by atoms with E-state index in [1.807, 2.05) is 6.92 Å². The number of allylic oxidation sites excluding steroid dienone is 1. The van der Waals surface area contributed by atoms with Crippen molar-refractivity contribution in [1.29, 1.82) is 0 Å². The largest absolute Gasteiger partial charge is 0.303 e. The molecule has 0 bridgehead atoms. The molecule has 0 aromatic carbocycles. The molecule has 0 saturated heterocycles. The van der Waals surface area contributed by atoms with E-state index >= 15 is 0 Å². The van der Waals surface area contributed by atoms with Gasteiger partial charge in [-0.1, -0.05) is 12.5 Å². The molecule has 1 rings (SSSR count). The molecule has 0 N–H and O–H groups in total. The number of carbonyl (C=O) groups excluding carboxylic acids is 1. The average molecular weight is 156 g/mol. The fourth-order valence-corrected chi connectivity index (χ4v) is 2.18. The molecule has 1 nitrogen and oxygen atoms in total. The van der Waals surface area contributed by atoms with Gasteiger partial charge in [0.25, 0.3) is 0 Å². The average Bonchev–Trinajstić information content (AvgIpc) is 1.88. The van der Waals surface area contributed by atoms with Crippen LogP contribution in [0.3, 0.4) is 0 Å². The van der Waals surface area contributed by atoms with Crippen molar-refractivity contribution >= 4 is 18.0 Å². The van der Waals surface area contributed by atoms with Crippen molar-refractivity contribution in [2.75, 3.05) is 5.75 Å². The number of carbonyl (C=O) groups is 1. The summed E-state index contributed by atoms with van der Waals surface area (Å²) in [6.07, 6.45) is 2.01. The van der Waals surface area contributed by atoms with Crippen LogP contribution < -0.4 is 0 Å². The Morgan fingerprint density at radius 3 is 2.90 bits per heavy atom. The highest BCUT2D eigenvalue weighted by Gasteiger charge is 2.26. The summed E-state index contributed by atoms with van der Waals surface area (Å²) in [7, 11) is 0. The summed E-state index contributed by atoms with van der Waals surface area (Å²) < 4.78 is 0. The Balaban J connectivity index is 2.68. The summed E-state index contributed by atoms with van der Waals surface area (Å²) in [6.45, 7) is 4.09. The fraction of sp³-hybridized carbons (Fsp3) is 0.625. The second-order valence-corrected chi connectivity index (χ2v) is 4.08. The zero-order valence-corrected chi connectivity index (χ0v) is 7.20. The lowest BCUT2D eigenvalue weighted by Crippen LogP contribution is -2.23. The van der Waals surface area contributed by atoms with Gasteiger partial charge < -0.3 is 4.79 Å². The number of rotatable bonds is 1. The van der Waals surface area contributed by atoms with E-state index in [0.717, 1.165) is 18.5 Å². The first-order valence-corrected chi connectivity index (χ1v) is 4.45. The Hall–Kier alpha value is -0.240. The normalized spacial score (nSPS) is 33.2. The summed E-state index contributed by atoms with van der Waals surface area (Å²) in [4.78, 5) is 10.6. The van der Waals surface area contributed by atoms with Crippen molar-refractivity contribution in [2.45, 2.75) is 20.3 Å². The number of hydrogen-bond acceptors (Lipinski definition) is 2. The summed E-state index contributed by atoms with van der Waals surface area (Å²) in [5.41, 5.74) is 1.23. The number of hydrogen-bond donors (Lipinski definition) is 0. The summed E-state index contributed by atoms with van der Waals surface area (Å²) in [5, 5.41) is 2.14. The SMILES string of the molecule is CC1=CSCC(C)(C=O)C1. The van der Waals surface area contributed by atoms with Gasteiger partial charge in [-0.2, -0.15) is 0 Å². The second-order valence-electron chi connectivity index (χ2n) is 3.22. The van der Waals surface area contributed by atoms with Gasteiger partial charge in [-0.3, -0.25) is 0 Å². The maximum Gasteiger partial charge on any atom is 0.127 e. The minimum Gasteiger partial charge on any atom is -0.303 e. The molecule has 1 atom stereocenters. The van der Waals surface area contributed by atoms with Gasteiger partial charge >= 0.3 is 0 Å². The van der Waals surface area contributed by atoms with Gasteiger partial charge in [0.2, 0.25) is 0 Å². The molecule has 0 aromatic rings. The van der Waals surface area contributed by atoms with Crippen LogP contribution in [0.25, 0.3) is 0 Å². The van der Waals surface area contributed by atoms with E-state index < -0.39 is 0 Å². The van der Waals surface area contributed by atoms with E-state index in [1.165, 1.54) is 5.57 Å². The van der Waals surface area contributed by atoms with Crippen LogP contribution in [0.1, 0.15) is 20.3 Å². The van der Waals surface area contributed by atoms with E-state index in [1.54, 1.807) is 11.8 Å². The molecule has 1 heterocycles. The quantitative estimate of drug-likeness (QED) is 0.541. The molecule has 10 heavy (non-hydrogen) atoms. The molecule has 0 amide bonds. The first-order valence-electron chi connectivity index (χ1n) is 3.40. The van der Waals surface area contributed by atoms with Crippen molar-refractivity contribution in [3.8, 4) is 0 Å². The molecule has 0 aliphatic carbocycles. The monoisotopic (exact) mass is 156 g/mol. The highest BCUT2D eigenvalue weighted by molar-refractivity contribution is 8.02. The highest BCUT2D eigenvalue weighted by atomic mass is 32.2. The van der Waals surface area contributed by atoms with Crippen LogP contribution in [-0.4, -0.2) is 12.0 Å².